The molecule has 1 aliphatic rings. The summed E-state index contributed by atoms with van der Waals surface area (Å²) in [5.41, 5.74) is 3.83. The molecule has 0 spiro atoms. The molecule has 0 aromatic heterocycles. The Balaban J connectivity index is 1.22. The van der Waals surface area contributed by atoms with E-state index < -0.39 is 10.8 Å². The van der Waals surface area contributed by atoms with Crippen LogP contribution in [0.1, 0.15) is 17.2 Å². The van der Waals surface area contributed by atoms with Gasteiger partial charge in [0.05, 0.1) is 42.6 Å². The summed E-state index contributed by atoms with van der Waals surface area (Å²) in [6.07, 6.45) is 0. The molecule has 0 aliphatic carbocycles. The molecule has 0 N–H and O–H groups in total. The molecule has 7 rings (SSSR count). The van der Waals surface area contributed by atoms with Gasteiger partial charge in [-0.25, -0.2) is 9.20 Å². The maximum Gasteiger partial charge on any atom is 0.218 e. The molecule has 0 saturated heterocycles. The largest absolute Gasteiger partial charge is 0.493 e. The van der Waals surface area contributed by atoms with Gasteiger partial charge in [0.2, 0.25) is 11.6 Å². The highest BCUT2D eigenvalue weighted by Gasteiger charge is 2.27. The first-order valence-corrected chi connectivity index (χ1v) is 15.8. The summed E-state index contributed by atoms with van der Waals surface area (Å²) < 4.78 is 36.7. The summed E-state index contributed by atoms with van der Waals surface area (Å²) in [7, 11) is 3.29. The number of benzene rings is 6. The van der Waals surface area contributed by atoms with Gasteiger partial charge in [0.15, 0.2) is 11.5 Å². The van der Waals surface area contributed by atoms with Gasteiger partial charge in [0, 0.05) is 4.90 Å². The van der Waals surface area contributed by atoms with E-state index in [1.165, 1.54) is 27.1 Å². The van der Waals surface area contributed by atoms with Crippen molar-refractivity contribution in [3.8, 4) is 28.4 Å². The third-order valence-electron chi connectivity index (χ3n) is 8.17. The zero-order valence-corrected chi connectivity index (χ0v) is 26.0. The van der Waals surface area contributed by atoms with Crippen LogP contribution in [0.5, 0.6) is 17.2 Å². The summed E-state index contributed by atoms with van der Waals surface area (Å²) in [5, 5.41) is 4.76. The average Bonchev–Trinajstić information content (AvgIpc) is 3.60. The number of ether oxygens (including phenoxy) is 4. The van der Waals surface area contributed by atoms with Gasteiger partial charge in [-0.2, -0.15) is 0 Å². The van der Waals surface area contributed by atoms with Crippen LogP contribution in [0.25, 0.3) is 32.7 Å². The Kier molecular flexibility index (Phi) is 7.69. The van der Waals surface area contributed by atoms with E-state index in [9.17, 15) is 4.21 Å². The third-order valence-corrected chi connectivity index (χ3v) is 9.62. The van der Waals surface area contributed by atoms with E-state index >= 15 is 0 Å². The van der Waals surface area contributed by atoms with Crippen LogP contribution in [-0.4, -0.2) is 38.0 Å². The molecule has 0 saturated carbocycles. The lowest BCUT2D eigenvalue weighted by Crippen LogP contribution is -2.07. The van der Waals surface area contributed by atoms with E-state index in [0.717, 1.165) is 11.1 Å². The first kappa shape index (κ1) is 28.6. The smallest absolute Gasteiger partial charge is 0.218 e. The van der Waals surface area contributed by atoms with E-state index in [1.807, 2.05) is 48.5 Å². The predicted octanol–water partition coefficient (Wildman–Crippen LogP) is 8.37. The topological polar surface area (TPSA) is 66.4 Å². The summed E-state index contributed by atoms with van der Waals surface area (Å²) in [6, 6.07) is 38.2. The van der Waals surface area contributed by atoms with Gasteiger partial charge in [0.25, 0.3) is 0 Å². The standard InChI is InChI=1S/C38H31NO5S/c1-41-33-21-27(22-34(42-2)37(33)43-3)32-23-44-38(39-32)31-14-8-9-15-35(31)45(40)28-18-16-24(17-19-28)36-29-12-6-4-10-25(29)20-26-11-5-7-13-30(26)36/h4-22,32H,23H2,1-3H3/t32-,45+/m1/s1. The highest BCUT2D eigenvalue weighted by molar-refractivity contribution is 7.85. The van der Waals surface area contributed by atoms with E-state index in [0.29, 0.717) is 45.1 Å². The van der Waals surface area contributed by atoms with E-state index in [2.05, 4.69) is 66.7 Å². The minimum atomic E-state index is -1.46. The fourth-order valence-electron chi connectivity index (χ4n) is 5.99. The van der Waals surface area contributed by atoms with Gasteiger partial charge in [-0.15, -0.1) is 0 Å². The first-order valence-electron chi connectivity index (χ1n) is 14.6. The SMILES string of the molecule is COc1cc([C@H]2COC(c3ccccc3[S@@](=O)c3ccc(-c4c5ccccc5cc5ccccc45)cc3)=N2)cc(OC)c1OC. The quantitative estimate of drug-likeness (QED) is 0.161. The lowest BCUT2D eigenvalue weighted by molar-refractivity contribution is 0.312. The van der Waals surface area contributed by atoms with Crippen LogP contribution < -0.4 is 14.2 Å². The molecule has 6 aromatic carbocycles. The van der Waals surface area contributed by atoms with Gasteiger partial charge < -0.3 is 18.9 Å². The Bertz CT molecular complexity index is 2030. The second-order valence-corrected chi connectivity index (χ2v) is 12.2. The van der Waals surface area contributed by atoms with Crippen LogP contribution in [0.3, 0.4) is 0 Å². The molecule has 0 unspecified atom stereocenters. The minimum absolute atomic E-state index is 0.287. The van der Waals surface area contributed by atoms with Crippen LogP contribution in [0, 0.1) is 0 Å². The Morgan fingerprint density at radius 2 is 1.31 bits per heavy atom. The number of nitrogens with zero attached hydrogens (tertiary/aromatic N) is 1. The molecule has 6 aromatic rings. The molecular formula is C38H31NO5S. The van der Waals surface area contributed by atoms with Gasteiger partial charge in [-0.05, 0) is 80.7 Å². The number of hydrogen-bond acceptors (Lipinski definition) is 6. The van der Waals surface area contributed by atoms with E-state index in [4.69, 9.17) is 23.9 Å². The summed E-state index contributed by atoms with van der Waals surface area (Å²) in [5.74, 6) is 2.08. The van der Waals surface area contributed by atoms with Crippen molar-refractivity contribution in [1.82, 2.24) is 0 Å². The molecule has 7 heteroatoms. The zero-order chi connectivity index (χ0) is 30.9. The normalized spacial score (nSPS) is 15.0. The maximum absolute atomic E-state index is 14.0. The van der Waals surface area contributed by atoms with Gasteiger partial charge in [-0.1, -0.05) is 72.8 Å². The van der Waals surface area contributed by atoms with Gasteiger partial charge in [-0.3, -0.25) is 0 Å². The van der Waals surface area contributed by atoms with Crippen LogP contribution >= 0.6 is 0 Å². The van der Waals surface area contributed by atoms with Crippen LogP contribution in [0.4, 0.5) is 0 Å². The Morgan fingerprint density at radius 3 is 1.93 bits per heavy atom. The van der Waals surface area contributed by atoms with Crippen molar-refractivity contribution in [2.24, 2.45) is 4.99 Å². The highest BCUT2D eigenvalue weighted by Crippen LogP contribution is 2.42. The second-order valence-electron chi connectivity index (χ2n) is 10.7. The lowest BCUT2D eigenvalue weighted by Gasteiger charge is -2.15. The number of rotatable bonds is 8. The summed E-state index contributed by atoms with van der Waals surface area (Å²) >= 11 is 0. The molecule has 1 heterocycles. The molecule has 2 atom stereocenters. The Labute approximate surface area is 264 Å². The average molecular weight is 614 g/mol. The molecule has 0 amide bonds. The van der Waals surface area contributed by atoms with Crippen molar-refractivity contribution in [3.63, 3.8) is 0 Å². The molecular weight excluding hydrogens is 582 g/mol. The Hall–Kier alpha value is -5.14. The van der Waals surface area contributed by atoms with Crippen LogP contribution in [0.15, 0.2) is 130 Å². The lowest BCUT2D eigenvalue weighted by atomic mass is 9.92. The number of hydrogen-bond donors (Lipinski definition) is 0. The second kappa shape index (κ2) is 12.1. The first-order chi connectivity index (χ1) is 22.1. The van der Waals surface area contributed by atoms with Crippen molar-refractivity contribution in [3.05, 3.63) is 126 Å². The van der Waals surface area contributed by atoms with E-state index in [1.54, 1.807) is 21.3 Å². The number of aliphatic imine (C=N–C) groups is 1. The van der Waals surface area contributed by atoms with Crippen molar-refractivity contribution >= 4 is 38.2 Å². The van der Waals surface area contributed by atoms with Gasteiger partial charge in [0.1, 0.15) is 12.6 Å². The molecule has 6 nitrogen and oxygen atoms in total. The third kappa shape index (κ3) is 5.19. The van der Waals surface area contributed by atoms with Crippen molar-refractivity contribution < 1.29 is 23.2 Å². The number of fused-ring (bicyclic) bond motifs is 2. The molecule has 0 fully saturated rings. The fourth-order valence-corrected chi connectivity index (χ4v) is 7.18. The van der Waals surface area contributed by atoms with Crippen LogP contribution in [-0.2, 0) is 15.5 Å². The van der Waals surface area contributed by atoms with Crippen LogP contribution in [0.2, 0.25) is 0 Å². The van der Waals surface area contributed by atoms with Crippen molar-refractivity contribution in [2.45, 2.75) is 15.8 Å². The monoisotopic (exact) mass is 613 g/mol. The highest BCUT2D eigenvalue weighted by atomic mass is 32.2. The molecule has 0 bridgehead atoms. The fraction of sp³-hybridized carbons (Fsp3) is 0.132. The molecule has 0 radical (unpaired) electrons. The minimum Gasteiger partial charge on any atom is -0.493 e. The van der Waals surface area contributed by atoms with Gasteiger partial charge >= 0.3 is 0 Å². The predicted molar refractivity (Wildman–Crippen MR) is 179 cm³/mol. The summed E-state index contributed by atoms with van der Waals surface area (Å²) in [4.78, 5) is 6.24. The number of methoxy groups -OCH3 is 3. The van der Waals surface area contributed by atoms with Crippen molar-refractivity contribution in [1.29, 1.82) is 0 Å². The zero-order valence-electron chi connectivity index (χ0n) is 25.2. The molecule has 1 aliphatic heterocycles. The van der Waals surface area contributed by atoms with E-state index in [-0.39, 0.29) is 6.04 Å². The maximum atomic E-state index is 14.0. The molecule has 45 heavy (non-hydrogen) atoms. The molecule has 224 valence electrons. The Morgan fingerprint density at radius 1 is 0.711 bits per heavy atom. The van der Waals surface area contributed by atoms with Crippen molar-refractivity contribution in [2.75, 3.05) is 27.9 Å². The summed E-state index contributed by atoms with van der Waals surface area (Å²) in [6.45, 7) is 0.336.